The van der Waals surface area contributed by atoms with Crippen molar-refractivity contribution in [1.29, 1.82) is 0 Å². The minimum Gasteiger partial charge on any atom is -0.326 e. The van der Waals surface area contributed by atoms with Gasteiger partial charge in [-0.05, 0) is 56.0 Å². The highest BCUT2D eigenvalue weighted by molar-refractivity contribution is 6.01. The smallest absolute Gasteiger partial charge is 0.234 e. The van der Waals surface area contributed by atoms with Gasteiger partial charge in [0.2, 0.25) is 17.7 Å². The molecule has 3 rings (SSSR count). The molecule has 0 bridgehead atoms. The van der Waals surface area contributed by atoms with Gasteiger partial charge in [-0.1, -0.05) is 12.1 Å². The van der Waals surface area contributed by atoms with Crippen molar-refractivity contribution in [3.8, 4) is 0 Å². The van der Waals surface area contributed by atoms with Crippen LogP contribution < -0.4 is 16.0 Å². The summed E-state index contributed by atoms with van der Waals surface area (Å²) in [6.45, 7) is 1.97. The molecular weight excluding hydrogens is 342 g/mol. The molecule has 0 saturated carbocycles. The van der Waals surface area contributed by atoms with Gasteiger partial charge >= 0.3 is 0 Å². The zero-order valence-electron chi connectivity index (χ0n) is 14.0. The molecule has 2 aliphatic heterocycles. The van der Waals surface area contributed by atoms with Crippen molar-refractivity contribution in [3.63, 3.8) is 0 Å². The minimum absolute atomic E-state index is 0. The van der Waals surface area contributed by atoms with E-state index < -0.39 is 0 Å². The molecular formula is C18H24ClN3O3. The number of halogens is 1. The van der Waals surface area contributed by atoms with Gasteiger partial charge < -0.3 is 10.6 Å². The summed E-state index contributed by atoms with van der Waals surface area (Å²) in [4.78, 5) is 35.2. The molecule has 7 heteroatoms. The van der Waals surface area contributed by atoms with Crippen molar-refractivity contribution in [1.82, 2.24) is 10.6 Å². The van der Waals surface area contributed by atoms with Gasteiger partial charge in [-0.25, -0.2) is 0 Å². The second-order valence-corrected chi connectivity index (χ2v) is 6.57. The summed E-state index contributed by atoms with van der Waals surface area (Å²) in [6, 6.07) is 7.33. The maximum absolute atomic E-state index is 12.1. The van der Waals surface area contributed by atoms with Crippen molar-refractivity contribution in [2.75, 3.05) is 18.4 Å². The summed E-state index contributed by atoms with van der Waals surface area (Å²) in [6.07, 6.45) is 3.54. The Morgan fingerprint density at radius 3 is 2.40 bits per heavy atom. The number of piperidine rings is 2. The topological polar surface area (TPSA) is 87.3 Å². The second kappa shape index (κ2) is 8.97. The number of benzene rings is 1. The first kappa shape index (κ1) is 19.4. The first-order chi connectivity index (χ1) is 11.6. The number of rotatable bonds is 4. The van der Waals surface area contributed by atoms with E-state index in [1.807, 2.05) is 24.3 Å². The van der Waals surface area contributed by atoms with Crippen LogP contribution in [0.25, 0.3) is 0 Å². The first-order valence-electron chi connectivity index (χ1n) is 8.56. The van der Waals surface area contributed by atoms with E-state index in [0.29, 0.717) is 25.2 Å². The molecule has 0 radical (unpaired) electrons. The molecule has 25 heavy (non-hydrogen) atoms. The lowest BCUT2D eigenvalue weighted by atomic mass is 9.90. The Morgan fingerprint density at radius 2 is 1.76 bits per heavy atom. The number of amides is 3. The van der Waals surface area contributed by atoms with Crippen LogP contribution in [0.2, 0.25) is 0 Å². The third-order valence-electron chi connectivity index (χ3n) is 4.77. The molecule has 2 saturated heterocycles. The summed E-state index contributed by atoms with van der Waals surface area (Å²) in [5.74, 6) is -0.251. The molecule has 2 aliphatic rings. The lowest BCUT2D eigenvalue weighted by Crippen LogP contribution is -2.39. The molecule has 2 fully saturated rings. The molecule has 0 aliphatic carbocycles. The van der Waals surface area contributed by atoms with Crippen molar-refractivity contribution in [3.05, 3.63) is 29.8 Å². The Bertz CT molecular complexity index is 627. The van der Waals surface area contributed by atoms with E-state index >= 15 is 0 Å². The fourth-order valence-corrected chi connectivity index (χ4v) is 3.37. The minimum atomic E-state index is -0.290. The van der Waals surface area contributed by atoms with E-state index in [-0.39, 0.29) is 36.0 Å². The predicted molar refractivity (Wildman–Crippen MR) is 97.7 cm³/mol. The van der Waals surface area contributed by atoms with Crippen LogP contribution in [-0.2, 0) is 14.4 Å². The van der Waals surface area contributed by atoms with Crippen LogP contribution in [-0.4, -0.2) is 30.8 Å². The molecule has 136 valence electrons. The van der Waals surface area contributed by atoms with E-state index in [9.17, 15) is 14.4 Å². The average molecular weight is 366 g/mol. The molecule has 1 aromatic rings. The zero-order valence-corrected chi connectivity index (χ0v) is 14.9. The fourth-order valence-electron chi connectivity index (χ4n) is 3.37. The monoisotopic (exact) mass is 365 g/mol. The molecule has 1 unspecified atom stereocenters. The van der Waals surface area contributed by atoms with E-state index in [1.165, 1.54) is 0 Å². The van der Waals surface area contributed by atoms with Crippen LogP contribution >= 0.6 is 12.4 Å². The third kappa shape index (κ3) is 5.28. The maximum Gasteiger partial charge on any atom is 0.234 e. The van der Waals surface area contributed by atoms with Gasteiger partial charge in [-0.15, -0.1) is 12.4 Å². The molecule has 3 N–H and O–H groups in total. The first-order valence-corrected chi connectivity index (χ1v) is 8.56. The highest BCUT2D eigenvalue weighted by Gasteiger charge is 2.27. The Labute approximate surface area is 153 Å². The van der Waals surface area contributed by atoms with Gasteiger partial charge in [0.25, 0.3) is 0 Å². The van der Waals surface area contributed by atoms with Crippen LogP contribution in [0.15, 0.2) is 24.3 Å². The lowest BCUT2D eigenvalue weighted by molar-refractivity contribution is -0.134. The molecule has 3 amide bonds. The van der Waals surface area contributed by atoms with Crippen LogP contribution in [0.1, 0.15) is 43.6 Å². The number of imide groups is 1. The van der Waals surface area contributed by atoms with Crippen molar-refractivity contribution in [2.45, 2.75) is 38.0 Å². The van der Waals surface area contributed by atoms with E-state index in [0.717, 1.165) is 37.2 Å². The summed E-state index contributed by atoms with van der Waals surface area (Å²) >= 11 is 0. The van der Waals surface area contributed by atoms with Crippen molar-refractivity contribution >= 4 is 35.8 Å². The molecule has 0 aromatic heterocycles. The van der Waals surface area contributed by atoms with Crippen LogP contribution in [0.5, 0.6) is 0 Å². The van der Waals surface area contributed by atoms with Gasteiger partial charge in [0, 0.05) is 18.5 Å². The van der Waals surface area contributed by atoms with Gasteiger partial charge in [0.1, 0.15) is 0 Å². The normalized spacial score (nSPS) is 21.2. The number of nitrogens with one attached hydrogen (secondary N) is 3. The maximum atomic E-state index is 12.1. The van der Waals surface area contributed by atoms with Crippen LogP contribution in [0.3, 0.4) is 0 Å². The second-order valence-electron chi connectivity index (χ2n) is 6.57. The number of hydrogen-bond donors (Lipinski definition) is 3. The lowest BCUT2D eigenvalue weighted by Gasteiger charge is -2.22. The van der Waals surface area contributed by atoms with Gasteiger partial charge in [-0.2, -0.15) is 0 Å². The van der Waals surface area contributed by atoms with Crippen LogP contribution in [0.4, 0.5) is 5.69 Å². The fraction of sp³-hybridized carbons (Fsp3) is 0.500. The molecule has 1 atom stereocenters. The SMILES string of the molecule is Cl.O=C1CCC(c2ccc(NC(=O)CC3CCNCC3)cc2)C(=O)N1. The molecule has 6 nitrogen and oxygen atoms in total. The Morgan fingerprint density at radius 1 is 1.08 bits per heavy atom. The summed E-state index contributed by atoms with van der Waals surface area (Å²) < 4.78 is 0. The number of carbonyl (C=O) groups is 3. The van der Waals surface area contributed by atoms with Gasteiger partial charge in [-0.3, -0.25) is 19.7 Å². The molecule has 2 heterocycles. The van der Waals surface area contributed by atoms with E-state index in [1.54, 1.807) is 0 Å². The number of hydrogen-bond acceptors (Lipinski definition) is 4. The van der Waals surface area contributed by atoms with Crippen molar-refractivity contribution < 1.29 is 14.4 Å². The number of anilines is 1. The Kier molecular flexibility index (Phi) is 6.96. The largest absolute Gasteiger partial charge is 0.326 e. The predicted octanol–water partition coefficient (Wildman–Crippen LogP) is 1.96. The summed E-state index contributed by atoms with van der Waals surface area (Å²) in [7, 11) is 0. The van der Waals surface area contributed by atoms with Crippen molar-refractivity contribution in [2.24, 2.45) is 5.92 Å². The molecule has 1 aromatic carbocycles. The summed E-state index contributed by atoms with van der Waals surface area (Å²) in [5.41, 5.74) is 1.61. The summed E-state index contributed by atoms with van der Waals surface area (Å²) in [5, 5.41) is 8.59. The van der Waals surface area contributed by atoms with E-state index in [4.69, 9.17) is 0 Å². The third-order valence-corrected chi connectivity index (χ3v) is 4.77. The van der Waals surface area contributed by atoms with Gasteiger partial charge in [0.15, 0.2) is 0 Å². The van der Waals surface area contributed by atoms with Gasteiger partial charge in [0.05, 0.1) is 5.92 Å². The standard InChI is InChI=1S/C18H23N3O3.ClH/c22-16-6-5-15(18(24)21-16)13-1-3-14(4-2-13)20-17(23)11-12-7-9-19-10-8-12;/h1-4,12,15,19H,5-11H2,(H,20,23)(H,21,22,24);1H. The zero-order chi connectivity index (χ0) is 16.9. The number of carbonyl (C=O) groups excluding carboxylic acids is 3. The van der Waals surface area contributed by atoms with Crippen LogP contribution in [0, 0.1) is 5.92 Å². The quantitative estimate of drug-likeness (QED) is 0.712. The Hall–Kier alpha value is -1.92. The highest BCUT2D eigenvalue weighted by atomic mass is 35.5. The molecule has 0 spiro atoms. The van der Waals surface area contributed by atoms with E-state index in [2.05, 4.69) is 16.0 Å². The highest BCUT2D eigenvalue weighted by Crippen LogP contribution is 2.26. The average Bonchev–Trinajstić information content (AvgIpc) is 2.57. The Balaban J connectivity index is 0.00000225.